The molecule has 0 amide bonds. The van der Waals surface area contributed by atoms with Crippen LogP contribution in [0.3, 0.4) is 0 Å². The van der Waals surface area contributed by atoms with Gasteiger partial charge >= 0.3 is 0 Å². The highest BCUT2D eigenvalue weighted by molar-refractivity contribution is 7.89. The first-order valence-electron chi connectivity index (χ1n) is 7.18. The maximum atomic E-state index is 12.8. The molecule has 21 heavy (non-hydrogen) atoms. The molecule has 1 fully saturated rings. The van der Waals surface area contributed by atoms with Crippen LogP contribution < -0.4 is 5.73 Å². The van der Waals surface area contributed by atoms with Crippen molar-refractivity contribution in [2.75, 3.05) is 32.9 Å². The second-order valence-corrected chi connectivity index (χ2v) is 8.22. The fraction of sp³-hybridized carbons (Fsp3) is 0.600. The van der Waals surface area contributed by atoms with Crippen molar-refractivity contribution < 1.29 is 8.42 Å². The molecule has 1 aliphatic heterocycles. The minimum absolute atomic E-state index is 0.253. The van der Waals surface area contributed by atoms with E-state index in [1.165, 1.54) is 0 Å². The Morgan fingerprint density at radius 3 is 2.33 bits per heavy atom. The van der Waals surface area contributed by atoms with Gasteiger partial charge in [0.25, 0.3) is 0 Å². The summed E-state index contributed by atoms with van der Waals surface area (Å²) >= 11 is 0. The molecule has 2 unspecified atom stereocenters. The van der Waals surface area contributed by atoms with Crippen LogP contribution in [0.5, 0.6) is 0 Å². The standard InChI is InChI=1S/C15H25N3O2S/c1-10-6-13(7-14(16)12(10)3)21(19,20)18-8-11(2)15(9-18)17(4)5/h6-7,11,15H,8-9,16H2,1-5H3. The minimum Gasteiger partial charge on any atom is -0.398 e. The smallest absolute Gasteiger partial charge is 0.243 e. The first kappa shape index (κ1) is 16.3. The summed E-state index contributed by atoms with van der Waals surface area (Å²) in [7, 11) is 0.510. The van der Waals surface area contributed by atoms with Crippen molar-refractivity contribution in [1.29, 1.82) is 0 Å². The van der Waals surface area contributed by atoms with E-state index in [0.717, 1.165) is 11.1 Å². The third kappa shape index (κ3) is 2.93. The van der Waals surface area contributed by atoms with Crippen LogP contribution in [0, 0.1) is 19.8 Å². The summed E-state index contributed by atoms with van der Waals surface area (Å²) in [5, 5.41) is 0. The van der Waals surface area contributed by atoms with Crippen molar-refractivity contribution in [3.05, 3.63) is 23.3 Å². The molecule has 5 nitrogen and oxygen atoms in total. The van der Waals surface area contributed by atoms with E-state index in [1.54, 1.807) is 16.4 Å². The Kier molecular flexibility index (Phi) is 4.33. The molecule has 0 bridgehead atoms. The molecular weight excluding hydrogens is 286 g/mol. The van der Waals surface area contributed by atoms with Crippen LogP contribution >= 0.6 is 0 Å². The molecule has 1 aromatic rings. The third-order valence-electron chi connectivity index (χ3n) is 4.52. The lowest BCUT2D eigenvalue weighted by Gasteiger charge is -2.22. The number of hydrogen-bond donors (Lipinski definition) is 1. The molecule has 0 spiro atoms. The summed E-state index contributed by atoms with van der Waals surface area (Å²) in [6, 6.07) is 3.55. The van der Waals surface area contributed by atoms with Crippen molar-refractivity contribution in [1.82, 2.24) is 9.21 Å². The molecule has 0 saturated carbocycles. The van der Waals surface area contributed by atoms with Crippen LogP contribution in [-0.2, 0) is 10.0 Å². The van der Waals surface area contributed by atoms with Gasteiger partial charge in [-0.3, -0.25) is 0 Å². The highest BCUT2D eigenvalue weighted by Crippen LogP contribution is 2.29. The molecule has 0 aromatic heterocycles. The van der Waals surface area contributed by atoms with Gasteiger partial charge in [-0.15, -0.1) is 0 Å². The topological polar surface area (TPSA) is 66.6 Å². The molecular formula is C15H25N3O2S. The number of rotatable bonds is 3. The zero-order valence-electron chi connectivity index (χ0n) is 13.4. The first-order valence-corrected chi connectivity index (χ1v) is 8.62. The SMILES string of the molecule is Cc1cc(S(=O)(=O)N2CC(C)C(N(C)C)C2)cc(N)c1C. The first-order chi connectivity index (χ1) is 9.64. The predicted octanol–water partition coefficient (Wildman–Crippen LogP) is 1.46. The Morgan fingerprint density at radius 1 is 1.24 bits per heavy atom. The Bertz CT molecular complexity index is 617. The second-order valence-electron chi connectivity index (χ2n) is 6.28. The summed E-state index contributed by atoms with van der Waals surface area (Å²) < 4.78 is 27.2. The lowest BCUT2D eigenvalue weighted by atomic mass is 10.1. The zero-order valence-corrected chi connectivity index (χ0v) is 14.2. The predicted molar refractivity (Wildman–Crippen MR) is 85.7 cm³/mol. The summed E-state index contributed by atoms with van der Waals surface area (Å²) in [6.45, 7) is 6.97. The van der Waals surface area contributed by atoms with Gasteiger partial charge in [-0.2, -0.15) is 4.31 Å². The van der Waals surface area contributed by atoms with Gasteiger partial charge in [0.15, 0.2) is 0 Å². The average molecular weight is 311 g/mol. The summed E-state index contributed by atoms with van der Waals surface area (Å²) in [5.41, 5.74) is 8.31. The molecule has 2 rings (SSSR count). The van der Waals surface area contributed by atoms with Gasteiger partial charge in [-0.25, -0.2) is 8.42 Å². The van der Waals surface area contributed by atoms with Crippen LogP contribution in [0.25, 0.3) is 0 Å². The van der Waals surface area contributed by atoms with Gasteiger partial charge in [0.05, 0.1) is 4.90 Å². The number of aryl methyl sites for hydroxylation is 1. The Balaban J connectivity index is 2.36. The van der Waals surface area contributed by atoms with Gasteiger partial charge in [0, 0.05) is 24.8 Å². The van der Waals surface area contributed by atoms with E-state index in [-0.39, 0.29) is 6.04 Å². The molecule has 1 heterocycles. The molecule has 6 heteroatoms. The number of benzene rings is 1. The Morgan fingerprint density at radius 2 is 1.86 bits per heavy atom. The zero-order chi connectivity index (χ0) is 15.9. The molecule has 0 radical (unpaired) electrons. The molecule has 118 valence electrons. The quantitative estimate of drug-likeness (QED) is 0.858. The number of nitrogens with zero attached hydrogens (tertiary/aromatic N) is 2. The number of nitrogens with two attached hydrogens (primary N) is 1. The monoisotopic (exact) mass is 311 g/mol. The fourth-order valence-electron chi connectivity index (χ4n) is 2.93. The normalized spacial score (nSPS) is 23.9. The Hall–Kier alpha value is -1.11. The third-order valence-corrected chi connectivity index (χ3v) is 6.33. The average Bonchev–Trinajstić information content (AvgIpc) is 2.78. The number of sulfonamides is 1. The number of hydrogen-bond acceptors (Lipinski definition) is 4. The summed E-state index contributed by atoms with van der Waals surface area (Å²) in [4.78, 5) is 2.39. The van der Waals surface area contributed by atoms with E-state index >= 15 is 0 Å². The van der Waals surface area contributed by atoms with Crippen LogP contribution in [0.2, 0.25) is 0 Å². The van der Waals surface area contributed by atoms with Gasteiger partial charge in [-0.05, 0) is 57.1 Å². The lowest BCUT2D eigenvalue weighted by molar-refractivity contribution is 0.263. The number of anilines is 1. The van der Waals surface area contributed by atoms with Crippen LogP contribution in [0.15, 0.2) is 17.0 Å². The van der Waals surface area contributed by atoms with Crippen molar-refractivity contribution in [3.63, 3.8) is 0 Å². The number of nitrogen functional groups attached to an aromatic ring is 1. The summed E-state index contributed by atoms with van der Waals surface area (Å²) in [6.07, 6.45) is 0. The highest BCUT2D eigenvalue weighted by atomic mass is 32.2. The van der Waals surface area contributed by atoms with Gasteiger partial charge in [0.2, 0.25) is 10.0 Å². The molecule has 1 aromatic carbocycles. The lowest BCUT2D eigenvalue weighted by Crippen LogP contribution is -2.35. The van der Waals surface area contributed by atoms with E-state index in [9.17, 15) is 8.42 Å². The molecule has 1 saturated heterocycles. The van der Waals surface area contributed by atoms with Crippen molar-refractivity contribution in [3.8, 4) is 0 Å². The second kappa shape index (κ2) is 5.59. The van der Waals surface area contributed by atoms with Crippen LogP contribution in [-0.4, -0.2) is 50.8 Å². The van der Waals surface area contributed by atoms with Gasteiger partial charge < -0.3 is 10.6 Å². The van der Waals surface area contributed by atoms with Crippen molar-refractivity contribution in [2.45, 2.75) is 31.7 Å². The van der Waals surface area contributed by atoms with Crippen molar-refractivity contribution >= 4 is 15.7 Å². The van der Waals surface area contributed by atoms with E-state index in [1.807, 2.05) is 27.9 Å². The summed E-state index contributed by atoms with van der Waals surface area (Å²) in [5.74, 6) is 0.318. The molecule has 0 aliphatic carbocycles. The fourth-order valence-corrected chi connectivity index (χ4v) is 4.61. The maximum absolute atomic E-state index is 12.8. The van der Waals surface area contributed by atoms with Crippen LogP contribution in [0.4, 0.5) is 5.69 Å². The van der Waals surface area contributed by atoms with E-state index < -0.39 is 10.0 Å². The largest absolute Gasteiger partial charge is 0.398 e. The van der Waals surface area contributed by atoms with Crippen molar-refractivity contribution in [2.24, 2.45) is 5.92 Å². The maximum Gasteiger partial charge on any atom is 0.243 e. The van der Waals surface area contributed by atoms with E-state index in [2.05, 4.69) is 11.8 Å². The van der Waals surface area contributed by atoms with Crippen LogP contribution in [0.1, 0.15) is 18.1 Å². The minimum atomic E-state index is -3.47. The molecule has 2 N–H and O–H groups in total. The van der Waals surface area contributed by atoms with E-state index in [0.29, 0.717) is 29.6 Å². The van der Waals surface area contributed by atoms with Gasteiger partial charge in [-0.1, -0.05) is 6.92 Å². The Labute approximate surface area is 127 Å². The molecule has 2 atom stereocenters. The number of likely N-dealkylation sites (N-methyl/N-ethyl adjacent to an activating group) is 1. The van der Waals surface area contributed by atoms with E-state index in [4.69, 9.17) is 5.73 Å². The molecule has 1 aliphatic rings. The highest BCUT2D eigenvalue weighted by Gasteiger charge is 2.38. The van der Waals surface area contributed by atoms with Gasteiger partial charge in [0.1, 0.15) is 0 Å².